The van der Waals surface area contributed by atoms with Crippen molar-refractivity contribution in [2.24, 2.45) is 0 Å². The molecule has 2 rings (SSSR count). The standard InChI is InChI=1S/C29H39F2NO6/c1-6-36-25(27(33)34)19-23-9-11-24(12-10-23)37-16-15-32(14-8-7-13-29(5,30)31)28(35)38-26-21(3)17-20(2)18-22(26)4/h9-12,17-18,25H,6-8,13-16,19H2,1-5H3,(H,33,34). The highest BCUT2D eigenvalue weighted by molar-refractivity contribution is 5.73. The highest BCUT2D eigenvalue weighted by Crippen LogP contribution is 2.26. The molecule has 38 heavy (non-hydrogen) atoms. The number of carboxylic acids is 1. The summed E-state index contributed by atoms with van der Waals surface area (Å²) in [6.07, 6.45) is -0.808. The van der Waals surface area contributed by atoms with Gasteiger partial charge in [0.05, 0.1) is 6.54 Å². The van der Waals surface area contributed by atoms with Gasteiger partial charge in [-0.2, -0.15) is 0 Å². The minimum absolute atomic E-state index is 0.168. The van der Waals surface area contributed by atoms with Crippen LogP contribution in [0.2, 0.25) is 0 Å². The van der Waals surface area contributed by atoms with Crippen LogP contribution in [0.3, 0.4) is 0 Å². The van der Waals surface area contributed by atoms with Gasteiger partial charge in [0.15, 0.2) is 6.10 Å². The monoisotopic (exact) mass is 535 g/mol. The molecule has 0 spiro atoms. The highest BCUT2D eigenvalue weighted by atomic mass is 19.3. The van der Waals surface area contributed by atoms with E-state index in [-0.39, 0.29) is 39.0 Å². The second-order valence-corrected chi connectivity index (χ2v) is 9.59. The van der Waals surface area contributed by atoms with Crippen molar-refractivity contribution < 1.29 is 37.7 Å². The molecule has 0 heterocycles. The van der Waals surface area contributed by atoms with E-state index in [2.05, 4.69) is 0 Å². The first-order valence-electron chi connectivity index (χ1n) is 12.9. The van der Waals surface area contributed by atoms with Crippen LogP contribution in [0.25, 0.3) is 0 Å². The summed E-state index contributed by atoms with van der Waals surface area (Å²) in [5.41, 5.74) is 3.53. The van der Waals surface area contributed by atoms with Gasteiger partial charge in [-0.1, -0.05) is 29.8 Å². The number of benzene rings is 2. The first-order valence-corrected chi connectivity index (χ1v) is 12.9. The maximum Gasteiger partial charge on any atom is 0.415 e. The number of carbonyl (C=O) groups is 2. The molecule has 9 heteroatoms. The molecule has 1 unspecified atom stereocenters. The Kier molecular flexibility index (Phi) is 12.0. The van der Waals surface area contributed by atoms with E-state index in [0.717, 1.165) is 29.2 Å². The number of alkyl halides is 2. The van der Waals surface area contributed by atoms with Gasteiger partial charge in [-0.05, 0) is 76.3 Å². The lowest BCUT2D eigenvalue weighted by atomic mass is 10.1. The minimum Gasteiger partial charge on any atom is -0.492 e. The van der Waals surface area contributed by atoms with Crippen LogP contribution >= 0.6 is 0 Å². The van der Waals surface area contributed by atoms with Crippen molar-refractivity contribution in [3.05, 3.63) is 58.7 Å². The zero-order valence-electron chi connectivity index (χ0n) is 22.9. The summed E-state index contributed by atoms with van der Waals surface area (Å²) in [6, 6.07) is 10.9. The summed E-state index contributed by atoms with van der Waals surface area (Å²) >= 11 is 0. The molecule has 0 aliphatic heterocycles. The predicted molar refractivity (Wildman–Crippen MR) is 141 cm³/mol. The van der Waals surface area contributed by atoms with Gasteiger partial charge in [0.25, 0.3) is 0 Å². The molecular weight excluding hydrogens is 496 g/mol. The van der Waals surface area contributed by atoms with Gasteiger partial charge < -0.3 is 24.2 Å². The Morgan fingerprint density at radius 3 is 2.21 bits per heavy atom. The van der Waals surface area contributed by atoms with Crippen LogP contribution in [-0.4, -0.2) is 60.4 Å². The quantitative estimate of drug-likeness (QED) is 0.268. The van der Waals surface area contributed by atoms with Crippen LogP contribution < -0.4 is 9.47 Å². The predicted octanol–water partition coefficient (Wildman–Crippen LogP) is 6.35. The minimum atomic E-state index is -2.75. The second kappa shape index (κ2) is 14.7. The fourth-order valence-corrected chi connectivity index (χ4v) is 4.14. The molecule has 0 bridgehead atoms. The zero-order chi connectivity index (χ0) is 28.3. The molecule has 2 aromatic rings. The molecule has 0 fully saturated rings. The summed E-state index contributed by atoms with van der Waals surface area (Å²) in [7, 11) is 0. The van der Waals surface area contributed by atoms with Gasteiger partial charge in [0.2, 0.25) is 5.92 Å². The van der Waals surface area contributed by atoms with Gasteiger partial charge in [-0.15, -0.1) is 0 Å². The maximum atomic E-state index is 13.2. The number of aliphatic carboxylic acids is 1. The number of unbranched alkanes of at least 4 members (excludes halogenated alkanes) is 1. The van der Waals surface area contributed by atoms with E-state index in [4.69, 9.17) is 14.2 Å². The number of halogens is 2. The molecule has 0 aliphatic rings. The molecule has 0 aromatic heterocycles. The van der Waals surface area contributed by atoms with E-state index in [0.29, 0.717) is 24.5 Å². The molecule has 1 atom stereocenters. The zero-order valence-corrected chi connectivity index (χ0v) is 22.9. The summed E-state index contributed by atoms with van der Waals surface area (Å²) in [5, 5.41) is 9.26. The number of aryl methyl sites for hydroxylation is 3. The van der Waals surface area contributed by atoms with E-state index in [1.807, 2.05) is 32.9 Å². The van der Waals surface area contributed by atoms with Crippen molar-refractivity contribution >= 4 is 12.1 Å². The lowest BCUT2D eigenvalue weighted by Crippen LogP contribution is -2.37. The Bertz CT molecular complexity index is 1030. The summed E-state index contributed by atoms with van der Waals surface area (Å²) in [5.74, 6) is -2.71. The average molecular weight is 536 g/mol. The molecule has 2 aromatic carbocycles. The molecule has 210 valence electrons. The second-order valence-electron chi connectivity index (χ2n) is 9.59. The summed E-state index contributed by atoms with van der Waals surface area (Å²) in [6.45, 7) is 9.28. The van der Waals surface area contributed by atoms with Gasteiger partial charge in [-0.25, -0.2) is 18.4 Å². The van der Waals surface area contributed by atoms with Crippen molar-refractivity contribution in [3.63, 3.8) is 0 Å². The Balaban J connectivity index is 2.00. The van der Waals surface area contributed by atoms with E-state index >= 15 is 0 Å². The number of nitrogens with zero attached hydrogens (tertiary/aromatic N) is 1. The Morgan fingerprint density at radius 2 is 1.66 bits per heavy atom. The Labute approximate surface area is 223 Å². The lowest BCUT2D eigenvalue weighted by molar-refractivity contribution is -0.149. The number of carbonyl (C=O) groups excluding carboxylic acids is 1. The van der Waals surface area contributed by atoms with Crippen molar-refractivity contribution in [2.45, 2.75) is 72.3 Å². The average Bonchev–Trinajstić information content (AvgIpc) is 2.82. The van der Waals surface area contributed by atoms with Crippen LogP contribution in [0.15, 0.2) is 36.4 Å². The van der Waals surface area contributed by atoms with Crippen LogP contribution in [0.1, 0.15) is 55.4 Å². The van der Waals surface area contributed by atoms with Crippen LogP contribution in [-0.2, 0) is 16.0 Å². The van der Waals surface area contributed by atoms with Gasteiger partial charge in [0.1, 0.15) is 18.1 Å². The molecule has 0 radical (unpaired) electrons. The van der Waals surface area contributed by atoms with Gasteiger partial charge >= 0.3 is 12.1 Å². The van der Waals surface area contributed by atoms with E-state index in [9.17, 15) is 23.5 Å². The fourth-order valence-electron chi connectivity index (χ4n) is 4.14. The normalized spacial score (nSPS) is 12.2. The molecule has 7 nitrogen and oxygen atoms in total. The van der Waals surface area contributed by atoms with E-state index < -0.39 is 24.1 Å². The number of hydrogen-bond donors (Lipinski definition) is 1. The van der Waals surface area contributed by atoms with E-state index in [1.165, 1.54) is 4.90 Å². The van der Waals surface area contributed by atoms with Crippen molar-refractivity contribution in [2.75, 3.05) is 26.3 Å². The number of ether oxygens (including phenoxy) is 3. The third kappa shape index (κ3) is 10.7. The van der Waals surface area contributed by atoms with Gasteiger partial charge in [0, 0.05) is 26.0 Å². The fraction of sp³-hybridized carbons (Fsp3) is 0.517. The smallest absolute Gasteiger partial charge is 0.415 e. The SMILES string of the molecule is CCOC(Cc1ccc(OCCN(CCCCC(C)(F)F)C(=O)Oc2c(C)cc(C)cc2C)cc1)C(=O)O. The first-order chi connectivity index (χ1) is 17.9. The number of hydrogen-bond acceptors (Lipinski definition) is 5. The Morgan fingerprint density at radius 1 is 1.03 bits per heavy atom. The van der Waals surface area contributed by atoms with Crippen molar-refractivity contribution in [1.82, 2.24) is 4.90 Å². The third-order valence-corrected chi connectivity index (χ3v) is 5.96. The lowest BCUT2D eigenvalue weighted by Gasteiger charge is -2.23. The molecular formula is C29H39F2NO6. The molecule has 0 aliphatic carbocycles. The molecule has 0 saturated carbocycles. The third-order valence-electron chi connectivity index (χ3n) is 5.96. The Hall–Kier alpha value is -3.20. The van der Waals surface area contributed by atoms with Crippen molar-refractivity contribution in [1.29, 1.82) is 0 Å². The van der Waals surface area contributed by atoms with Crippen LogP contribution in [0, 0.1) is 20.8 Å². The summed E-state index contributed by atoms with van der Waals surface area (Å²) in [4.78, 5) is 25.8. The number of amides is 1. The van der Waals surface area contributed by atoms with Crippen LogP contribution in [0.5, 0.6) is 11.5 Å². The topological polar surface area (TPSA) is 85.3 Å². The highest BCUT2D eigenvalue weighted by Gasteiger charge is 2.22. The molecule has 1 N–H and O–H groups in total. The first kappa shape index (κ1) is 31.0. The molecule has 0 saturated heterocycles. The number of rotatable bonds is 15. The number of carboxylic acid groups (broad SMARTS) is 1. The van der Waals surface area contributed by atoms with Crippen molar-refractivity contribution in [3.8, 4) is 11.5 Å². The summed E-state index contributed by atoms with van der Waals surface area (Å²) < 4.78 is 43.2. The van der Waals surface area contributed by atoms with E-state index in [1.54, 1.807) is 31.2 Å². The largest absolute Gasteiger partial charge is 0.492 e. The van der Waals surface area contributed by atoms with Crippen LogP contribution in [0.4, 0.5) is 13.6 Å². The molecule has 1 amide bonds. The van der Waals surface area contributed by atoms with Gasteiger partial charge in [-0.3, -0.25) is 0 Å². The maximum absolute atomic E-state index is 13.2.